The van der Waals surface area contributed by atoms with Gasteiger partial charge in [0.15, 0.2) is 11.5 Å². The molecule has 1 aromatic rings. The average molecular weight is 284 g/mol. The second-order valence-corrected chi connectivity index (χ2v) is 4.94. The SMILES string of the molecule is O=C(NC1(C(=O)O)CC1)c1cc(Cl)c2c(c1)OCO2. The van der Waals surface area contributed by atoms with E-state index in [2.05, 4.69) is 5.32 Å². The van der Waals surface area contributed by atoms with E-state index < -0.39 is 17.4 Å². The molecule has 1 amide bonds. The number of carbonyl (C=O) groups excluding carboxylic acids is 1. The molecule has 0 aromatic heterocycles. The number of hydrogen-bond donors (Lipinski definition) is 2. The number of carboxylic acid groups (broad SMARTS) is 1. The highest BCUT2D eigenvalue weighted by molar-refractivity contribution is 6.32. The second kappa shape index (κ2) is 4.03. The Morgan fingerprint density at radius 1 is 1.32 bits per heavy atom. The summed E-state index contributed by atoms with van der Waals surface area (Å²) in [5.74, 6) is -0.719. The van der Waals surface area contributed by atoms with Crippen LogP contribution in [0, 0.1) is 0 Å². The number of halogens is 1. The van der Waals surface area contributed by atoms with Gasteiger partial charge in [-0.15, -0.1) is 0 Å². The molecule has 1 aliphatic carbocycles. The number of aliphatic carboxylic acids is 1. The number of benzene rings is 1. The maximum absolute atomic E-state index is 12.0. The lowest BCUT2D eigenvalue weighted by Crippen LogP contribution is -2.43. The van der Waals surface area contributed by atoms with Crippen molar-refractivity contribution in [3.05, 3.63) is 22.7 Å². The first-order valence-corrected chi connectivity index (χ1v) is 6.05. The van der Waals surface area contributed by atoms with Crippen molar-refractivity contribution in [1.82, 2.24) is 5.32 Å². The third-order valence-electron chi connectivity index (χ3n) is 3.20. The summed E-state index contributed by atoms with van der Waals surface area (Å²) in [4.78, 5) is 23.0. The molecule has 1 fully saturated rings. The van der Waals surface area contributed by atoms with Crippen LogP contribution >= 0.6 is 11.6 Å². The maximum Gasteiger partial charge on any atom is 0.329 e. The molecule has 0 atom stereocenters. The fourth-order valence-corrected chi connectivity index (χ4v) is 2.17. The molecule has 2 aliphatic rings. The van der Waals surface area contributed by atoms with Crippen LogP contribution in [0.4, 0.5) is 0 Å². The summed E-state index contributed by atoms with van der Waals surface area (Å²) in [5, 5.41) is 11.8. The summed E-state index contributed by atoms with van der Waals surface area (Å²) < 4.78 is 10.3. The Morgan fingerprint density at radius 2 is 2.05 bits per heavy atom. The van der Waals surface area contributed by atoms with Crippen molar-refractivity contribution in [2.24, 2.45) is 0 Å². The molecule has 1 aliphatic heterocycles. The summed E-state index contributed by atoms with van der Waals surface area (Å²) in [5.41, 5.74) is -0.873. The van der Waals surface area contributed by atoms with E-state index >= 15 is 0 Å². The minimum atomic E-state index is -1.13. The zero-order valence-corrected chi connectivity index (χ0v) is 10.5. The van der Waals surface area contributed by atoms with Gasteiger partial charge in [0.05, 0.1) is 5.02 Å². The van der Waals surface area contributed by atoms with Gasteiger partial charge < -0.3 is 19.9 Å². The normalized spacial score (nSPS) is 17.9. The van der Waals surface area contributed by atoms with Crippen molar-refractivity contribution >= 4 is 23.5 Å². The summed E-state index contributed by atoms with van der Waals surface area (Å²) >= 11 is 5.97. The quantitative estimate of drug-likeness (QED) is 0.876. The van der Waals surface area contributed by atoms with E-state index in [1.165, 1.54) is 12.1 Å². The van der Waals surface area contributed by atoms with Crippen LogP contribution < -0.4 is 14.8 Å². The number of fused-ring (bicyclic) bond motifs is 1. The Hall–Kier alpha value is -1.95. The average Bonchev–Trinajstić information content (AvgIpc) is 2.98. The van der Waals surface area contributed by atoms with Gasteiger partial charge in [0.25, 0.3) is 5.91 Å². The van der Waals surface area contributed by atoms with Crippen LogP contribution in [0.2, 0.25) is 5.02 Å². The molecular weight excluding hydrogens is 274 g/mol. The minimum Gasteiger partial charge on any atom is -0.480 e. The highest BCUT2D eigenvalue weighted by atomic mass is 35.5. The lowest BCUT2D eigenvalue weighted by Gasteiger charge is -2.12. The van der Waals surface area contributed by atoms with Crippen LogP contribution in [0.3, 0.4) is 0 Å². The van der Waals surface area contributed by atoms with Crippen molar-refractivity contribution in [3.63, 3.8) is 0 Å². The van der Waals surface area contributed by atoms with E-state index in [1.807, 2.05) is 0 Å². The lowest BCUT2D eigenvalue weighted by molar-refractivity contribution is -0.140. The van der Waals surface area contributed by atoms with Gasteiger partial charge in [-0.05, 0) is 25.0 Å². The Balaban J connectivity index is 1.85. The van der Waals surface area contributed by atoms with Gasteiger partial charge >= 0.3 is 5.97 Å². The zero-order chi connectivity index (χ0) is 13.6. The van der Waals surface area contributed by atoms with Crippen LogP contribution in [0.5, 0.6) is 11.5 Å². The van der Waals surface area contributed by atoms with Gasteiger partial charge in [-0.25, -0.2) is 4.79 Å². The van der Waals surface area contributed by atoms with Crippen molar-refractivity contribution in [3.8, 4) is 11.5 Å². The Morgan fingerprint density at radius 3 is 2.68 bits per heavy atom. The van der Waals surface area contributed by atoms with Crippen LogP contribution in [0.25, 0.3) is 0 Å². The molecule has 0 saturated heterocycles. The van der Waals surface area contributed by atoms with Gasteiger partial charge in [0.1, 0.15) is 5.54 Å². The third kappa shape index (κ3) is 1.98. The van der Waals surface area contributed by atoms with Crippen LogP contribution in [-0.2, 0) is 4.79 Å². The standard InChI is InChI=1S/C12H10ClNO5/c13-7-3-6(4-8-9(7)19-5-18-8)10(15)14-12(1-2-12)11(16)17/h3-4H,1-2,5H2,(H,14,15)(H,16,17). The first kappa shape index (κ1) is 12.1. The van der Waals surface area contributed by atoms with Gasteiger partial charge in [0.2, 0.25) is 6.79 Å². The highest BCUT2D eigenvalue weighted by Gasteiger charge is 2.51. The van der Waals surface area contributed by atoms with Crippen molar-refractivity contribution in [2.45, 2.75) is 18.4 Å². The number of amides is 1. The monoisotopic (exact) mass is 283 g/mol. The number of carboxylic acids is 1. The van der Waals surface area contributed by atoms with Crippen molar-refractivity contribution < 1.29 is 24.2 Å². The lowest BCUT2D eigenvalue weighted by atomic mass is 10.1. The minimum absolute atomic E-state index is 0.0548. The first-order chi connectivity index (χ1) is 9.02. The van der Waals surface area contributed by atoms with Crippen LogP contribution in [-0.4, -0.2) is 29.3 Å². The molecule has 0 unspecified atom stereocenters. The van der Waals surface area contributed by atoms with Crippen LogP contribution in [0.1, 0.15) is 23.2 Å². The Kier molecular flexibility index (Phi) is 2.56. The van der Waals surface area contributed by atoms with Crippen molar-refractivity contribution in [2.75, 3.05) is 6.79 Å². The summed E-state index contributed by atoms with van der Waals surface area (Å²) in [7, 11) is 0. The Labute approximate surface area is 113 Å². The molecule has 0 spiro atoms. The van der Waals surface area contributed by atoms with E-state index in [0.717, 1.165) is 0 Å². The fraction of sp³-hybridized carbons (Fsp3) is 0.333. The van der Waals surface area contributed by atoms with Gasteiger partial charge in [0, 0.05) is 5.56 Å². The number of hydrogen-bond acceptors (Lipinski definition) is 4. The van der Waals surface area contributed by atoms with E-state index in [0.29, 0.717) is 24.3 Å². The predicted molar refractivity (Wildman–Crippen MR) is 64.6 cm³/mol. The van der Waals surface area contributed by atoms with Crippen molar-refractivity contribution in [1.29, 1.82) is 0 Å². The molecule has 100 valence electrons. The molecule has 0 radical (unpaired) electrons. The summed E-state index contributed by atoms with van der Waals surface area (Å²) in [6.45, 7) is 0.0548. The maximum atomic E-state index is 12.0. The smallest absolute Gasteiger partial charge is 0.329 e. The van der Waals surface area contributed by atoms with E-state index in [-0.39, 0.29) is 17.4 Å². The molecular formula is C12H10ClNO5. The molecule has 3 rings (SSSR count). The molecule has 19 heavy (non-hydrogen) atoms. The van der Waals surface area contributed by atoms with Gasteiger partial charge in [-0.2, -0.15) is 0 Å². The topological polar surface area (TPSA) is 84.9 Å². The highest BCUT2D eigenvalue weighted by Crippen LogP contribution is 2.40. The summed E-state index contributed by atoms with van der Waals surface area (Å²) in [6, 6.07) is 2.92. The van der Waals surface area contributed by atoms with Crippen LogP contribution in [0.15, 0.2) is 12.1 Å². The predicted octanol–water partition coefficient (Wildman–Crippen LogP) is 1.42. The zero-order valence-electron chi connectivity index (χ0n) is 9.73. The largest absolute Gasteiger partial charge is 0.480 e. The molecule has 0 bridgehead atoms. The summed E-state index contributed by atoms with van der Waals surface area (Å²) in [6.07, 6.45) is 0.874. The second-order valence-electron chi connectivity index (χ2n) is 4.53. The van der Waals surface area contributed by atoms with E-state index in [1.54, 1.807) is 0 Å². The van der Waals surface area contributed by atoms with E-state index in [4.69, 9.17) is 26.2 Å². The molecule has 7 heteroatoms. The third-order valence-corrected chi connectivity index (χ3v) is 3.48. The molecule has 1 saturated carbocycles. The molecule has 2 N–H and O–H groups in total. The number of carbonyl (C=O) groups is 2. The molecule has 1 heterocycles. The van der Waals surface area contributed by atoms with E-state index in [9.17, 15) is 9.59 Å². The number of ether oxygens (including phenoxy) is 2. The fourth-order valence-electron chi connectivity index (χ4n) is 1.91. The first-order valence-electron chi connectivity index (χ1n) is 5.67. The number of rotatable bonds is 3. The molecule has 1 aromatic carbocycles. The number of nitrogens with one attached hydrogen (secondary N) is 1. The Bertz CT molecular complexity index is 582. The molecule has 6 nitrogen and oxygen atoms in total. The van der Waals surface area contributed by atoms with Gasteiger partial charge in [-0.3, -0.25) is 4.79 Å². The van der Waals surface area contributed by atoms with Gasteiger partial charge in [-0.1, -0.05) is 11.6 Å².